The van der Waals surface area contributed by atoms with Crippen molar-refractivity contribution in [2.75, 3.05) is 0 Å². The van der Waals surface area contributed by atoms with Gasteiger partial charge in [-0.05, 0) is 55.4 Å². The third-order valence-corrected chi connectivity index (χ3v) is 5.20. The number of aliphatic hydroxyl groups is 1. The highest BCUT2D eigenvalue weighted by Gasteiger charge is 2.38. The van der Waals surface area contributed by atoms with E-state index in [1.807, 2.05) is 18.2 Å². The first-order valence-corrected chi connectivity index (χ1v) is 8.17. The van der Waals surface area contributed by atoms with Gasteiger partial charge in [0, 0.05) is 16.3 Å². The predicted octanol–water partition coefficient (Wildman–Crippen LogP) is 4.67. The highest BCUT2D eigenvalue weighted by Crippen LogP contribution is 2.43. The van der Waals surface area contributed by atoms with E-state index in [1.54, 1.807) is 0 Å². The molecule has 0 aromatic heterocycles. The topological polar surface area (TPSA) is 37.3 Å². The van der Waals surface area contributed by atoms with Gasteiger partial charge in [0.2, 0.25) is 0 Å². The molecular formula is C17H19BrO2. The zero-order valence-electron chi connectivity index (χ0n) is 11.7. The number of benzene rings is 1. The summed E-state index contributed by atoms with van der Waals surface area (Å²) in [6.45, 7) is 2.08. The molecule has 106 valence electrons. The van der Waals surface area contributed by atoms with E-state index in [1.165, 1.54) is 0 Å². The fraction of sp³-hybridized carbons (Fsp3) is 0.471. The van der Waals surface area contributed by atoms with Crippen LogP contribution in [0, 0.1) is 11.8 Å². The first-order valence-electron chi connectivity index (χ1n) is 7.38. The normalized spacial score (nSPS) is 26.0. The van der Waals surface area contributed by atoms with Crippen LogP contribution in [0.3, 0.4) is 0 Å². The molecule has 1 fully saturated rings. The van der Waals surface area contributed by atoms with Crippen molar-refractivity contribution < 1.29 is 9.90 Å². The summed E-state index contributed by atoms with van der Waals surface area (Å²) in [6.07, 6.45) is 4.60. The van der Waals surface area contributed by atoms with Crippen LogP contribution < -0.4 is 0 Å². The number of allylic oxidation sites excluding steroid dienone is 2. The molecule has 0 atom stereocenters. The summed E-state index contributed by atoms with van der Waals surface area (Å²) in [5.74, 6) is 0.768. The van der Waals surface area contributed by atoms with Crippen molar-refractivity contribution in [2.24, 2.45) is 11.8 Å². The number of hydrogen-bond donors (Lipinski definition) is 1. The zero-order chi connectivity index (χ0) is 14.3. The van der Waals surface area contributed by atoms with E-state index in [-0.39, 0.29) is 17.6 Å². The largest absolute Gasteiger partial charge is 0.511 e. The minimum Gasteiger partial charge on any atom is -0.511 e. The number of ketones is 1. The van der Waals surface area contributed by atoms with E-state index in [2.05, 4.69) is 22.9 Å². The van der Waals surface area contributed by atoms with E-state index in [0.717, 1.165) is 47.7 Å². The van der Waals surface area contributed by atoms with E-state index >= 15 is 0 Å². The fourth-order valence-corrected chi connectivity index (χ4v) is 3.89. The summed E-state index contributed by atoms with van der Waals surface area (Å²) in [5, 5.41) is 10.6. The number of rotatable bonds is 2. The molecule has 2 nitrogen and oxygen atoms in total. The average molecular weight is 335 g/mol. The Kier molecular flexibility index (Phi) is 3.72. The van der Waals surface area contributed by atoms with Crippen LogP contribution in [0.4, 0.5) is 0 Å². The highest BCUT2D eigenvalue weighted by molar-refractivity contribution is 9.10. The summed E-state index contributed by atoms with van der Waals surface area (Å²) in [4.78, 5) is 12.8. The van der Waals surface area contributed by atoms with Crippen molar-refractivity contribution in [1.82, 2.24) is 0 Å². The molecule has 0 aliphatic heterocycles. The molecule has 0 heterocycles. The molecule has 20 heavy (non-hydrogen) atoms. The van der Waals surface area contributed by atoms with Crippen LogP contribution in [0.25, 0.3) is 5.57 Å². The quantitative estimate of drug-likeness (QED) is 0.853. The summed E-state index contributed by atoms with van der Waals surface area (Å²) >= 11 is 3.48. The van der Waals surface area contributed by atoms with Gasteiger partial charge in [0.1, 0.15) is 5.76 Å². The Morgan fingerprint density at radius 3 is 2.50 bits per heavy atom. The number of carbonyl (C=O) groups excluding carboxylic acids is 1. The first-order chi connectivity index (χ1) is 9.61. The second-order valence-corrected chi connectivity index (χ2v) is 6.74. The molecule has 0 saturated heterocycles. The number of aliphatic hydroxyl groups excluding tert-OH is 1. The second kappa shape index (κ2) is 5.36. The SMILES string of the molecule is CCc1ccc(Br)cc1C1=C(O)C2CCC(CC2)C1=O. The molecule has 3 aliphatic carbocycles. The van der Waals surface area contributed by atoms with Crippen LogP contribution in [0.2, 0.25) is 0 Å². The Hall–Kier alpha value is -1.09. The van der Waals surface area contributed by atoms with Gasteiger partial charge in [-0.3, -0.25) is 4.79 Å². The third kappa shape index (κ3) is 2.22. The van der Waals surface area contributed by atoms with Gasteiger partial charge in [0.15, 0.2) is 5.78 Å². The van der Waals surface area contributed by atoms with Gasteiger partial charge in [0.05, 0.1) is 5.57 Å². The van der Waals surface area contributed by atoms with Gasteiger partial charge in [-0.2, -0.15) is 0 Å². The van der Waals surface area contributed by atoms with Crippen LogP contribution in [-0.2, 0) is 11.2 Å². The number of Topliss-reactive ketones (excluding diaryl/α,β-unsaturated/α-hetero) is 1. The molecule has 1 saturated carbocycles. The van der Waals surface area contributed by atoms with Gasteiger partial charge in [-0.25, -0.2) is 0 Å². The van der Waals surface area contributed by atoms with Gasteiger partial charge in [-0.15, -0.1) is 0 Å². The molecule has 0 spiro atoms. The molecule has 0 amide bonds. The minimum atomic E-state index is 0.106. The van der Waals surface area contributed by atoms with E-state index < -0.39 is 0 Å². The van der Waals surface area contributed by atoms with E-state index in [9.17, 15) is 9.90 Å². The maximum absolute atomic E-state index is 12.8. The number of hydrogen-bond acceptors (Lipinski definition) is 2. The standard InChI is InChI=1S/C17H19BrO2/c1-2-10-7-8-13(18)9-14(10)15-16(19)11-3-4-12(6-5-11)17(15)20/h7-9,11-12,19H,2-6H2,1H3. The Morgan fingerprint density at radius 1 is 1.20 bits per heavy atom. The third-order valence-electron chi connectivity index (χ3n) is 4.71. The number of fused-ring (bicyclic) bond motifs is 3. The lowest BCUT2D eigenvalue weighted by atomic mass is 9.82. The van der Waals surface area contributed by atoms with Crippen molar-refractivity contribution in [3.05, 3.63) is 39.6 Å². The lowest BCUT2D eigenvalue weighted by Crippen LogP contribution is -2.17. The summed E-state index contributed by atoms with van der Waals surface area (Å²) in [5.41, 5.74) is 2.64. The van der Waals surface area contributed by atoms with E-state index in [4.69, 9.17) is 0 Å². The molecular weight excluding hydrogens is 316 g/mol. The number of halogens is 1. The van der Waals surface area contributed by atoms with Crippen LogP contribution in [0.15, 0.2) is 28.4 Å². The lowest BCUT2D eigenvalue weighted by molar-refractivity contribution is -0.117. The van der Waals surface area contributed by atoms with Crippen LogP contribution >= 0.6 is 15.9 Å². The zero-order valence-corrected chi connectivity index (χ0v) is 13.2. The maximum atomic E-state index is 12.8. The molecule has 3 heteroatoms. The minimum absolute atomic E-state index is 0.106. The van der Waals surface area contributed by atoms with Crippen molar-refractivity contribution >= 4 is 27.3 Å². The molecule has 0 unspecified atom stereocenters. The fourth-order valence-electron chi connectivity index (χ4n) is 3.52. The smallest absolute Gasteiger partial charge is 0.169 e. The lowest BCUT2D eigenvalue weighted by Gasteiger charge is -2.21. The van der Waals surface area contributed by atoms with Crippen molar-refractivity contribution in [1.29, 1.82) is 0 Å². The summed E-state index contributed by atoms with van der Waals surface area (Å²) in [6, 6.07) is 6.02. The van der Waals surface area contributed by atoms with Crippen molar-refractivity contribution in [3.8, 4) is 0 Å². The van der Waals surface area contributed by atoms with Gasteiger partial charge >= 0.3 is 0 Å². The molecule has 4 rings (SSSR count). The average Bonchev–Trinajstić information content (AvgIpc) is 2.65. The van der Waals surface area contributed by atoms with Gasteiger partial charge in [0.25, 0.3) is 0 Å². The molecule has 1 N–H and O–H groups in total. The Labute approximate surface area is 128 Å². The molecule has 0 radical (unpaired) electrons. The van der Waals surface area contributed by atoms with Crippen LogP contribution in [-0.4, -0.2) is 10.9 Å². The Morgan fingerprint density at radius 2 is 1.85 bits per heavy atom. The molecule has 1 aromatic rings. The van der Waals surface area contributed by atoms with Crippen LogP contribution in [0.1, 0.15) is 43.7 Å². The van der Waals surface area contributed by atoms with Gasteiger partial charge in [-0.1, -0.05) is 28.9 Å². The Balaban J connectivity index is 2.19. The maximum Gasteiger partial charge on any atom is 0.169 e. The van der Waals surface area contributed by atoms with E-state index in [0.29, 0.717) is 11.3 Å². The monoisotopic (exact) mass is 334 g/mol. The molecule has 3 aliphatic rings. The molecule has 1 aromatic carbocycles. The van der Waals surface area contributed by atoms with Crippen LogP contribution in [0.5, 0.6) is 0 Å². The van der Waals surface area contributed by atoms with Crippen molar-refractivity contribution in [3.63, 3.8) is 0 Å². The Bertz CT molecular complexity index is 581. The van der Waals surface area contributed by atoms with Crippen molar-refractivity contribution in [2.45, 2.75) is 39.0 Å². The molecule has 2 bridgehead atoms. The second-order valence-electron chi connectivity index (χ2n) is 5.83. The summed E-state index contributed by atoms with van der Waals surface area (Å²) < 4.78 is 0.953. The highest BCUT2D eigenvalue weighted by atomic mass is 79.9. The number of aryl methyl sites for hydroxylation is 1. The predicted molar refractivity (Wildman–Crippen MR) is 83.5 cm³/mol. The number of carbonyl (C=O) groups is 1. The van der Waals surface area contributed by atoms with Gasteiger partial charge < -0.3 is 5.11 Å². The first kappa shape index (κ1) is 13.9. The summed E-state index contributed by atoms with van der Waals surface area (Å²) in [7, 11) is 0.